The number of amides is 2. The molecule has 3 aromatic carbocycles. The van der Waals surface area contributed by atoms with Crippen molar-refractivity contribution in [3.8, 4) is 0 Å². The quantitative estimate of drug-likeness (QED) is 0.641. The Balaban J connectivity index is 1.53. The first-order valence-corrected chi connectivity index (χ1v) is 10.5. The molecule has 0 unspecified atom stereocenters. The van der Waals surface area contributed by atoms with Gasteiger partial charge in [-0.05, 0) is 60.9 Å². The topological polar surface area (TPSA) is 49.4 Å². The maximum Gasteiger partial charge on any atom is 0.255 e. The predicted molar refractivity (Wildman–Crippen MR) is 119 cm³/mol. The molecule has 1 saturated heterocycles. The molecular formula is C24H22N2O2S. The van der Waals surface area contributed by atoms with Crippen molar-refractivity contribution in [2.24, 2.45) is 0 Å². The number of nitrogens with zero attached hydrogens (tertiary/aromatic N) is 1. The molecule has 1 aliphatic heterocycles. The first kappa shape index (κ1) is 19.3. The summed E-state index contributed by atoms with van der Waals surface area (Å²) in [4.78, 5) is 26.9. The summed E-state index contributed by atoms with van der Waals surface area (Å²) in [7, 11) is 0. The minimum atomic E-state index is -0.123. The van der Waals surface area contributed by atoms with E-state index in [4.69, 9.17) is 0 Å². The monoisotopic (exact) mass is 402 g/mol. The maximum absolute atomic E-state index is 12.5. The average Bonchev–Trinajstić information content (AvgIpc) is 3.10. The summed E-state index contributed by atoms with van der Waals surface area (Å²) < 4.78 is 0. The highest BCUT2D eigenvalue weighted by atomic mass is 32.2. The van der Waals surface area contributed by atoms with Gasteiger partial charge >= 0.3 is 0 Å². The number of benzene rings is 3. The molecule has 0 spiro atoms. The van der Waals surface area contributed by atoms with Gasteiger partial charge < -0.3 is 5.32 Å². The minimum absolute atomic E-state index is 0.0644. The van der Waals surface area contributed by atoms with Gasteiger partial charge in [0.1, 0.15) is 5.37 Å². The smallest absolute Gasteiger partial charge is 0.255 e. The molecule has 29 heavy (non-hydrogen) atoms. The van der Waals surface area contributed by atoms with E-state index < -0.39 is 0 Å². The highest BCUT2D eigenvalue weighted by molar-refractivity contribution is 8.00. The molecule has 0 aromatic heterocycles. The number of rotatable bonds is 4. The van der Waals surface area contributed by atoms with Gasteiger partial charge in [0.2, 0.25) is 5.91 Å². The third-order valence-corrected chi connectivity index (χ3v) is 6.20. The third kappa shape index (κ3) is 4.05. The first-order valence-electron chi connectivity index (χ1n) is 9.50. The van der Waals surface area contributed by atoms with Crippen LogP contribution in [0.5, 0.6) is 0 Å². The summed E-state index contributed by atoms with van der Waals surface area (Å²) in [5, 5.41) is 2.89. The molecule has 1 atom stereocenters. The molecule has 1 N–H and O–H groups in total. The largest absolute Gasteiger partial charge is 0.322 e. The van der Waals surface area contributed by atoms with Crippen LogP contribution < -0.4 is 10.2 Å². The van der Waals surface area contributed by atoms with Crippen LogP contribution in [0, 0.1) is 13.8 Å². The molecule has 0 aliphatic carbocycles. The molecular weight excluding hydrogens is 380 g/mol. The molecule has 4 nitrogen and oxygen atoms in total. The lowest BCUT2D eigenvalue weighted by molar-refractivity contribution is -0.115. The zero-order valence-electron chi connectivity index (χ0n) is 16.4. The van der Waals surface area contributed by atoms with Crippen LogP contribution in [0.15, 0.2) is 72.8 Å². The van der Waals surface area contributed by atoms with Crippen molar-refractivity contribution in [2.45, 2.75) is 19.2 Å². The number of carbonyl (C=O) groups is 2. The van der Waals surface area contributed by atoms with Crippen LogP contribution in [0.25, 0.3) is 0 Å². The van der Waals surface area contributed by atoms with Crippen molar-refractivity contribution in [1.82, 2.24) is 0 Å². The summed E-state index contributed by atoms with van der Waals surface area (Å²) in [6.45, 7) is 3.95. The number of carbonyl (C=O) groups excluding carboxylic acids is 2. The van der Waals surface area contributed by atoms with E-state index in [1.165, 1.54) is 0 Å². The molecule has 1 fully saturated rings. The Morgan fingerprint density at radius 2 is 1.76 bits per heavy atom. The second kappa shape index (κ2) is 8.13. The first-order chi connectivity index (χ1) is 14.0. The molecule has 3 aromatic rings. The Hall–Kier alpha value is -3.05. The van der Waals surface area contributed by atoms with Crippen molar-refractivity contribution in [3.63, 3.8) is 0 Å². The molecule has 146 valence electrons. The van der Waals surface area contributed by atoms with Gasteiger partial charge in [0, 0.05) is 16.9 Å². The second-order valence-electron chi connectivity index (χ2n) is 7.16. The number of nitrogens with one attached hydrogen (secondary N) is 1. The summed E-state index contributed by atoms with van der Waals surface area (Å²) in [5.74, 6) is 0.454. The summed E-state index contributed by atoms with van der Waals surface area (Å²) in [5.41, 5.74) is 5.42. The number of hydrogen-bond donors (Lipinski definition) is 1. The van der Waals surface area contributed by atoms with E-state index in [0.29, 0.717) is 11.3 Å². The molecule has 2 amide bonds. The van der Waals surface area contributed by atoms with Gasteiger partial charge in [-0.1, -0.05) is 42.5 Å². The lowest BCUT2D eigenvalue weighted by Crippen LogP contribution is -2.27. The van der Waals surface area contributed by atoms with Crippen LogP contribution in [0.4, 0.5) is 11.4 Å². The van der Waals surface area contributed by atoms with Crippen molar-refractivity contribution >= 4 is 35.0 Å². The Morgan fingerprint density at radius 3 is 2.48 bits per heavy atom. The standard InChI is InChI=1S/C24H22N2O2S/c1-16-6-5-8-20(14-16)26-22(27)15-29-24(26)18-10-12-19(13-11-18)25-23(28)21-9-4-3-7-17(21)2/h3-14,24H,15H2,1-2H3,(H,25,28)/t24-/m1/s1. The minimum Gasteiger partial charge on any atom is -0.322 e. The Kier molecular flexibility index (Phi) is 5.41. The lowest BCUT2D eigenvalue weighted by atomic mass is 10.1. The molecule has 0 bridgehead atoms. The maximum atomic E-state index is 12.5. The van der Waals surface area contributed by atoms with Crippen LogP contribution in [0.1, 0.15) is 32.4 Å². The fraction of sp³-hybridized carbons (Fsp3) is 0.167. The molecule has 1 heterocycles. The van der Waals surface area contributed by atoms with Crippen LogP contribution in [-0.2, 0) is 4.79 Å². The number of hydrogen-bond acceptors (Lipinski definition) is 3. The van der Waals surface area contributed by atoms with Gasteiger partial charge in [0.25, 0.3) is 5.91 Å². The van der Waals surface area contributed by atoms with Gasteiger partial charge in [-0.15, -0.1) is 11.8 Å². The normalized spacial score (nSPS) is 16.1. The summed E-state index contributed by atoms with van der Waals surface area (Å²) >= 11 is 1.62. The van der Waals surface area contributed by atoms with E-state index in [1.807, 2.05) is 91.5 Å². The van der Waals surface area contributed by atoms with Crippen molar-refractivity contribution in [1.29, 1.82) is 0 Å². The van der Waals surface area contributed by atoms with Crippen molar-refractivity contribution in [3.05, 3.63) is 95.1 Å². The average molecular weight is 403 g/mol. The Morgan fingerprint density at radius 1 is 1.00 bits per heavy atom. The van der Waals surface area contributed by atoms with Crippen LogP contribution in [0.2, 0.25) is 0 Å². The molecule has 0 saturated carbocycles. The predicted octanol–water partition coefficient (Wildman–Crippen LogP) is 5.33. The number of anilines is 2. The number of thioether (sulfide) groups is 1. The highest BCUT2D eigenvalue weighted by Crippen LogP contribution is 2.42. The van der Waals surface area contributed by atoms with E-state index in [9.17, 15) is 9.59 Å². The molecule has 0 radical (unpaired) electrons. The fourth-order valence-electron chi connectivity index (χ4n) is 3.48. The van der Waals surface area contributed by atoms with Gasteiger partial charge in [0.05, 0.1) is 5.75 Å². The van der Waals surface area contributed by atoms with Gasteiger partial charge in [-0.2, -0.15) is 0 Å². The zero-order valence-corrected chi connectivity index (χ0v) is 17.2. The Bertz CT molecular complexity index is 1060. The second-order valence-corrected chi connectivity index (χ2v) is 8.23. The van der Waals surface area contributed by atoms with E-state index in [2.05, 4.69) is 5.32 Å². The Labute approximate surface area is 174 Å². The van der Waals surface area contributed by atoms with E-state index in [1.54, 1.807) is 11.8 Å². The number of aryl methyl sites for hydroxylation is 2. The highest BCUT2D eigenvalue weighted by Gasteiger charge is 2.34. The lowest BCUT2D eigenvalue weighted by Gasteiger charge is -2.25. The van der Waals surface area contributed by atoms with Crippen LogP contribution in [-0.4, -0.2) is 17.6 Å². The van der Waals surface area contributed by atoms with E-state index >= 15 is 0 Å². The SMILES string of the molecule is Cc1cccc(N2C(=O)CS[C@@H]2c2ccc(NC(=O)c3ccccc3C)cc2)c1. The summed E-state index contributed by atoms with van der Waals surface area (Å²) in [6, 6.07) is 23.3. The fourth-order valence-corrected chi connectivity index (χ4v) is 4.66. The van der Waals surface area contributed by atoms with Gasteiger partial charge in [-0.25, -0.2) is 0 Å². The van der Waals surface area contributed by atoms with Crippen molar-refractivity contribution < 1.29 is 9.59 Å². The third-order valence-electron chi connectivity index (χ3n) is 4.99. The summed E-state index contributed by atoms with van der Waals surface area (Å²) in [6.07, 6.45) is 0. The molecule has 1 aliphatic rings. The van der Waals surface area contributed by atoms with Crippen LogP contribution >= 0.6 is 11.8 Å². The van der Waals surface area contributed by atoms with E-state index in [-0.39, 0.29) is 17.2 Å². The zero-order chi connectivity index (χ0) is 20.4. The van der Waals surface area contributed by atoms with Gasteiger partial charge in [-0.3, -0.25) is 14.5 Å². The molecule has 5 heteroatoms. The molecule has 4 rings (SSSR count). The van der Waals surface area contributed by atoms with Gasteiger partial charge in [0.15, 0.2) is 0 Å². The van der Waals surface area contributed by atoms with Crippen LogP contribution in [0.3, 0.4) is 0 Å². The van der Waals surface area contributed by atoms with Crippen molar-refractivity contribution in [2.75, 3.05) is 16.0 Å². The van der Waals surface area contributed by atoms with E-state index in [0.717, 1.165) is 28.1 Å².